The van der Waals surface area contributed by atoms with Gasteiger partial charge in [0, 0.05) is 10.8 Å². The molecule has 1 N–H and O–H groups in total. The Kier molecular flexibility index (Phi) is 1.74. The number of aliphatic hydroxyl groups excluding tert-OH is 1. The minimum Gasteiger partial charge on any atom is -0.393 e. The molecule has 0 saturated heterocycles. The summed E-state index contributed by atoms with van der Waals surface area (Å²) in [6, 6.07) is 4.25. The highest BCUT2D eigenvalue weighted by Crippen LogP contribution is 2.43. The molecular weight excluding hydrogens is 156 g/mol. The molecule has 1 aliphatic carbocycles. The lowest BCUT2D eigenvalue weighted by Gasteiger charge is -2.38. The molecular formula is C9H12OS. The van der Waals surface area contributed by atoms with Gasteiger partial charge in [0.1, 0.15) is 0 Å². The zero-order valence-electron chi connectivity index (χ0n) is 6.53. The van der Waals surface area contributed by atoms with Gasteiger partial charge in [0.15, 0.2) is 0 Å². The summed E-state index contributed by atoms with van der Waals surface area (Å²) in [6.07, 6.45) is 0.906. The maximum absolute atomic E-state index is 9.29. The van der Waals surface area contributed by atoms with Crippen LogP contribution in [0.2, 0.25) is 0 Å². The molecule has 60 valence electrons. The van der Waals surface area contributed by atoms with Crippen molar-refractivity contribution in [2.24, 2.45) is 5.92 Å². The highest BCUT2D eigenvalue weighted by Gasteiger charge is 2.37. The van der Waals surface area contributed by atoms with E-state index in [1.807, 2.05) is 0 Å². The van der Waals surface area contributed by atoms with Crippen LogP contribution >= 0.6 is 11.3 Å². The average Bonchev–Trinajstić information content (AvgIpc) is 2.51. The monoisotopic (exact) mass is 168 g/mol. The molecule has 1 heterocycles. The predicted octanol–water partition coefficient (Wildman–Crippen LogP) is 2.23. The number of aliphatic hydroxyl groups is 1. The molecule has 1 aromatic rings. The van der Waals surface area contributed by atoms with Crippen molar-refractivity contribution in [3.8, 4) is 0 Å². The number of hydrogen-bond donors (Lipinski definition) is 1. The third-order valence-corrected chi connectivity index (χ3v) is 3.65. The van der Waals surface area contributed by atoms with Crippen LogP contribution in [0.25, 0.3) is 0 Å². The second-order valence-corrected chi connectivity index (χ2v) is 4.26. The maximum atomic E-state index is 9.29. The van der Waals surface area contributed by atoms with Crippen molar-refractivity contribution in [3.05, 3.63) is 22.4 Å². The summed E-state index contributed by atoms with van der Waals surface area (Å²) in [5, 5.41) is 11.4. The molecule has 0 aromatic carbocycles. The fourth-order valence-electron chi connectivity index (χ4n) is 1.64. The van der Waals surface area contributed by atoms with Gasteiger partial charge in [-0.2, -0.15) is 0 Å². The number of hydrogen-bond acceptors (Lipinski definition) is 2. The van der Waals surface area contributed by atoms with Crippen LogP contribution in [-0.4, -0.2) is 11.2 Å². The minimum absolute atomic E-state index is 0.0536. The Labute approximate surface area is 70.7 Å². The summed E-state index contributed by atoms with van der Waals surface area (Å²) in [5.41, 5.74) is 0. The predicted molar refractivity (Wildman–Crippen MR) is 46.8 cm³/mol. The van der Waals surface area contributed by atoms with Crippen molar-refractivity contribution < 1.29 is 5.11 Å². The molecule has 1 aliphatic rings. The normalized spacial score (nSPS) is 36.7. The van der Waals surface area contributed by atoms with Crippen LogP contribution in [0, 0.1) is 5.92 Å². The average molecular weight is 168 g/mol. The summed E-state index contributed by atoms with van der Waals surface area (Å²) in [6.45, 7) is 2.12. The standard InChI is InChI=1S/C9H12OS/c1-6-7(5-8(6)10)9-3-2-4-11-9/h2-4,6-8,10H,5H2,1H3. The number of rotatable bonds is 1. The van der Waals surface area contributed by atoms with Gasteiger partial charge >= 0.3 is 0 Å². The van der Waals surface area contributed by atoms with E-state index in [-0.39, 0.29) is 6.10 Å². The van der Waals surface area contributed by atoms with E-state index in [0.717, 1.165) is 6.42 Å². The fourth-order valence-corrected chi connectivity index (χ4v) is 2.60. The molecule has 0 radical (unpaired) electrons. The van der Waals surface area contributed by atoms with Crippen LogP contribution in [0.1, 0.15) is 24.1 Å². The van der Waals surface area contributed by atoms with Crippen molar-refractivity contribution >= 4 is 11.3 Å². The molecule has 11 heavy (non-hydrogen) atoms. The van der Waals surface area contributed by atoms with Gasteiger partial charge in [-0.3, -0.25) is 0 Å². The van der Waals surface area contributed by atoms with E-state index >= 15 is 0 Å². The quantitative estimate of drug-likeness (QED) is 0.681. The molecule has 0 aliphatic heterocycles. The Balaban J connectivity index is 2.10. The molecule has 1 fully saturated rings. The Bertz CT molecular complexity index is 230. The Morgan fingerprint density at radius 3 is 2.91 bits per heavy atom. The van der Waals surface area contributed by atoms with Gasteiger partial charge < -0.3 is 5.11 Å². The Morgan fingerprint density at radius 2 is 2.45 bits per heavy atom. The van der Waals surface area contributed by atoms with Gasteiger partial charge in [0.25, 0.3) is 0 Å². The molecule has 2 rings (SSSR count). The van der Waals surface area contributed by atoms with Crippen molar-refractivity contribution in [1.29, 1.82) is 0 Å². The largest absolute Gasteiger partial charge is 0.393 e. The molecule has 1 saturated carbocycles. The van der Waals surface area contributed by atoms with Crippen molar-refractivity contribution in [2.45, 2.75) is 25.4 Å². The van der Waals surface area contributed by atoms with Crippen LogP contribution < -0.4 is 0 Å². The van der Waals surface area contributed by atoms with Gasteiger partial charge in [0.2, 0.25) is 0 Å². The maximum Gasteiger partial charge on any atom is 0.0578 e. The summed E-state index contributed by atoms with van der Waals surface area (Å²) in [4.78, 5) is 1.43. The van der Waals surface area contributed by atoms with Crippen LogP contribution in [0.15, 0.2) is 17.5 Å². The lowest BCUT2D eigenvalue weighted by molar-refractivity contribution is 0.0129. The topological polar surface area (TPSA) is 20.2 Å². The van der Waals surface area contributed by atoms with E-state index in [1.54, 1.807) is 11.3 Å². The molecule has 2 heteroatoms. The molecule has 0 bridgehead atoms. The van der Waals surface area contributed by atoms with Crippen molar-refractivity contribution in [1.82, 2.24) is 0 Å². The number of thiophene rings is 1. The SMILES string of the molecule is CC1C(O)CC1c1cccs1. The first-order chi connectivity index (χ1) is 5.29. The molecule has 3 atom stereocenters. The first-order valence-electron chi connectivity index (χ1n) is 4.00. The zero-order valence-corrected chi connectivity index (χ0v) is 7.34. The van der Waals surface area contributed by atoms with Crippen LogP contribution in [0.3, 0.4) is 0 Å². The first-order valence-corrected chi connectivity index (χ1v) is 4.88. The summed E-state index contributed by atoms with van der Waals surface area (Å²) in [5.74, 6) is 1.10. The van der Waals surface area contributed by atoms with E-state index in [2.05, 4.69) is 24.4 Å². The lowest BCUT2D eigenvalue weighted by atomic mass is 9.71. The highest BCUT2D eigenvalue weighted by atomic mass is 32.1. The second-order valence-electron chi connectivity index (χ2n) is 3.28. The van der Waals surface area contributed by atoms with E-state index < -0.39 is 0 Å². The lowest BCUT2D eigenvalue weighted by Crippen LogP contribution is -2.36. The van der Waals surface area contributed by atoms with Gasteiger partial charge in [-0.25, -0.2) is 0 Å². The van der Waals surface area contributed by atoms with E-state index in [9.17, 15) is 5.11 Å². The zero-order chi connectivity index (χ0) is 7.84. The van der Waals surface area contributed by atoms with Gasteiger partial charge in [-0.1, -0.05) is 13.0 Å². The van der Waals surface area contributed by atoms with E-state index in [4.69, 9.17) is 0 Å². The van der Waals surface area contributed by atoms with Crippen LogP contribution in [0.5, 0.6) is 0 Å². The second kappa shape index (κ2) is 2.61. The third-order valence-electron chi connectivity index (χ3n) is 2.65. The fraction of sp³-hybridized carbons (Fsp3) is 0.556. The first kappa shape index (κ1) is 7.32. The Hall–Kier alpha value is -0.340. The minimum atomic E-state index is -0.0536. The Morgan fingerprint density at radius 1 is 1.64 bits per heavy atom. The van der Waals surface area contributed by atoms with Crippen molar-refractivity contribution in [3.63, 3.8) is 0 Å². The summed E-state index contributed by atoms with van der Waals surface area (Å²) < 4.78 is 0. The molecule has 0 amide bonds. The van der Waals surface area contributed by atoms with E-state index in [0.29, 0.717) is 11.8 Å². The smallest absolute Gasteiger partial charge is 0.0578 e. The van der Waals surface area contributed by atoms with Gasteiger partial charge in [-0.05, 0) is 23.8 Å². The van der Waals surface area contributed by atoms with Gasteiger partial charge in [0.05, 0.1) is 6.10 Å². The molecule has 1 nitrogen and oxygen atoms in total. The van der Waals surface area contributed by atoms with Gasteiger partial charge in [-0.15, -0.1) is 11.3 Å². The summed E-state index contributed by atoms with van der Waals surface area (Å²) in [7, 11) is 0. The summed E-state index contributed by atoms with van der Waals surface area (Å²) >= 11 is 1.80. The highest BCUT2D eigenvalue weighted by molar-refractivity contribution is 7.10. The van der Waals surface area contributed by atoms with Crippen molar-refractivity contribution in [2.75, 3.05) is 0 Å². The molecule has 3 unspecified atom stereocenters. The third kappa shape index (κ3) is 1.10. The van der Waals surface area contributed by atoms with Crippen LogP contribution in [0.4, 0.5) is 0 Å². The molecule has 0 spiro atoms. The van der Waals surface area contributed by atoms with E-state index in [1.165, 1.54) is 4.88 Å². The van der Waals surface area contributed by atoms with Crippen LogP contribution in [-0.2, 0) is 0 Å². The molecule has 1 aromatic heterocycles.